The highest BCUT2D eigenvalue weighted by atomic mass is 16.1. The van der Waals surface area contributed by atoms with E-state index in [1.54, 1.807) is 12.5 Å². The van der Waals surface area contributed by atoms with E-state index in [-0.39, 0.29) is 5.78 Å². The number of imidazole rings is 1. The molecule has 0 atom stereocenters. The van der Waals surface area contributed by atoms with Crippen LogP contribution >= 0.6 is 0 Å². The zero-order valence-electron chi connectivity index (χ0n) is 13.4. The second-order valence-corrected chi connectivity index (χ2v) is 6.02. The van der Waals surface area contributed by atoms with Gasteiger partial charge in [0, 0.05) is 30.6 Å². The van der Waals surface area contributed by atoms with E-state index in [1.807, 2.05) is 60.3 Å². The zero-order chi connectivity index (χ0) is 16.5. The maximum atomic E-state index is 12.7. The maximum Gasteiger partial charge on any atom is 0.207 e. The van der Waals surface area contributed by atoms with Crippen LogP contribution in [0.25, 0.3) is 17.3 Å². The second kappa shape index (κ2) is 5.89. The number of nitrogens with zero attached hydrogens (tertiary/aromatic N) is 3. The number of fused-ring (bicyclic) bond motifs is 1. The van der Waals surface area contributed by atoms with Gasteiger partial charge in [0.25, 0.3) is 0 Å². The van der Waals surface area contributed by atoms with Crippen LogP contribution in [0.1, 0.15) is 28.0 Å². The molecule has 2 aromatic heterocycles. The van der Waals surface area contributed by atoms with Gasteiger partial charge in [0.05, 0.1) is 12.0 Å². The lowest BCUT2D eigenvalue weighted by Gasteiger charge is -2.16. The molecule has 4 nitrogen and oxygen atoms in total. The third-order valence-electron chi connectivity index (χ3n) is 4.33. The van der Waals surface area contributed by atoms with Crippen molar-refractivity contribution in [1.82, 2.24) is 14.5 Å². The molecule has 0 unspecified atom stereocenters. The summed E-state index contributed by atoms with van der Waals surface area (Å²) in [6, 6.07) is 11.9. The molecule has 118 valence electrons. The quantitative estimate of drug-likeness (QED) is 0.678. The molecule has 0 spiro atoms. The Morgan fingerprint density at radius 1 is 1.08 bits per heavy atom. The number of rotatable bonds is 2. The van der Waals surface area contributed by atoms with Crippen molar-refractivity contribution in [3.05, 3.63) is 77.5 Å². The van der Waals surface area contributed by atoms with Crippen molar-refractivity contribution in [2.75, 3.05) is 0 Å². The molecule has 0 radical (unpaired) electrons. The van der Waals surface area contributed by atoms with E-state index in [0.29, 0.717) is 5.69 Å². The number of carbonyl (C=O) groups excluding carboxylic acids is 1. The Labute approximate surface area is 140 Å². The molecule has 1 aliphatic carbocycles. The average molecular weight is 315 g/mol. The van der Waals surface area contributed by atoms with Gasteiger partial charge in [0.2, 0.25) is 5.78 Å². The Kier molecular flexibility index (Phi) is 3.58. The largest absolute Gasteiger partial charge is 0.340 e. The second-order valence-electron chi connectivity index (χ2n) is 6.02. The van der Waals surface area contributed by atoms with Gasteiger partial charge in [-0.15, -0.1) is 0 Å². The van der Waals surface area contributed by atoms with E-state index in [4.69, 9.17) is 0 Å². The fourth-order valence-corrected chi connectivity index (χ4v) is 3.11. The average Bonchev–Trinajstić information content (AvgIpc) is 3.04. The topological polar surface area (TPSA) is 47.8 Å². The van der Waals surface area contributed by atoms with E-state index in [2.05, 4.69) is 9.97 Å². The molecule has 0 fully saturated rings. The molecule has 24 heavy (non-hydrogen) atoms. The van der Waals surface area contributed by atoms with Crippen molar-refractivity contribution in [2.24, 2.45) is 7.05 Å². The molecule has 0 saturated heterocycles. The minimum atomic E-state index is 0.0349. The molecule has 1 aromatic carbocycles. The summed E-state index contributed by atoms with van der Waals surface area (Å²) in [6.07, 6.45) is 9.04. The first kappa shape index (κ1) is 14.6. The molecule has 4 heteroatoms. The Balaban J connectivity index is 1.76. The molecule has 0 bridgehead atoms. The molecular weight excluding hydrogens is 298 g/mol. The third kappa shape index (κ3) is 2.56. The van der Waals surface area contributed by atoms with Crippen LogP contribution in [0.4, 0.5) is 0 Å². The lowest BCUT2D eigenvalue weighted by molar-refractivity contribution is 0.102. The van der Waals surface area contributed by atoms with Gasteiger partial charge in [0.15, 0.2) is 0 Å². The van der Waals surface area contributed by atoms with Crippen LogP contribution in [-0.2, 0) is 13.5 Å². The summed E-state index contributed by atoms with van der Waals surface area (Å²) in [6.45, 7) is 0. The zero-order valence-corrected chi connectivity index (χ0v) is 13.4. The van der Waals surface area contributed by atoms with Gasteiger partial charge in [-0.05, 0) is 36.1 Å². The number of pyridine rings is 1. The van der Waals surface area contributed by atoms with Crippen LogP contribution in [0.5, 0.6) is 0 Å². The Bertz CT molecular complexity index is 953. The number of benzene rings is 1. The highest BCUT2D eigenvalue weighted by Crippen LogP contribution is 2.28. The Morgan fingerprint density at radius 3 is 2.79 bits per heavy atom. The summed E-state index contributed by atoms with van der Waals surface area (Å²) in [7, 11) is 1.95. The minimum Gasteiger partial charge on any atom is -0.340 e. The van der Waals surface area contributed by atoms with Gasteiger partial charge in [-0.2, -0.15) is 0 Å². The van der Waals surface area contributed by atoms with Crippen molar-refractivity contribution in [1.29, 1.82) is 0 Å². The number of ketones is 1. The first-order valence-corrected chi connectivity index (χ1v) is 7.99. The van der Waals surface area contributed by atoms with Crippen LogP contribution in [0.3, 0.4) is 0 Å². The Morgan fingerprint density at radius 2 is 1.96 bits per heavy atom. The molecule has 1 aliphatic rings. The molecular formula is C20H17N3O. The van der Waals surface area contributed by atoms with Gasteiger partial charge in [0.1, 0.15) is 5.69 Å². The summed E-state index contributed by atoms with van der Waals surface area (Å²) in [5.74, 6) is 0.0349. The van der Waals surface area contributed by atoms with Crippen LogP contribution in [0.2, 0.25) is 0 Å². The number of aromatic nitrogens is 3. The van der Waals surface area contributed by atoms with Crippen LogP contribution in [0, 0.1) is 0 Å². The van der Waals surface area contributed by atoms with Crippen molar-refractivity contribution in [3.63, 3.8) is 0 Å². The van der Waals surface area contributed by atoms with E-state index >= 15 is 0 Å². The first-order chi connectivity index (χ1) is 11.7. The fourth-order valence-electron chi connectivity index (χ4n) is 3.11. The number of carbonyl (C=O) groups is 1. The first-order valence-electron chi connectivity index (χ1n) is 7.99. The molecule has 0 N–H and O–H groups in total. The van der Waals surface area contributed by atoms with Crippen molar-refractivity contribution >= 4 is 11.9 Å². The standard InChI is InChI=1S/C20H17N3O/c1-23-12-18(22-13-23)17-7-3-2-5-15(17)11-16-9-8-14-6-4-10-21-19(14)20(16)24/h2-7,10-13H,8-9H2,1H3/b16-11+. The number of hydrogen-bond acceptors (Lipinski definition) is 3. The van der Waals surface area contributed by atoms with Crippen molar-refractivity contribution in [3.8, 4) is 11.3 Å². The van der Waals surface area contributed by atoms with E-state index in [1.165, 1.54) is 0 Å². The predicted molar refractivity (Wildman–Crippen MR) is 93.5 cm³/mol. The summed E-state index contributed by atoms with van der Waals surface area (Å²) in [5, 5.41) is 0. The molecule has 2 heterocycles. The molecule has 4 rings (SSSR count). The summed E-state index contributed by atoms with van der Waals surface area (Å²) in [4.78, 5) is 21.4. The number of Topliss-reactive ketones (excluding diaryl/α,β-unsaturated/α-hetero) is 1. The van der Waals surface area contributed by atoms with E-state index < -0.39 is 0 Å². The van der Waals surface area contributed by atoms with Crippen LogP contribution in [-0.4, -0.2) is 20.3 Å². The fraction of sp³-hybridized carbons (Fsp3) is 0.150. The van der Waals surface area contributed by atoms with Gasteiger partial charge >= 0.3 is 0 Å². The third-order valence-corrected chi connectivity index (χ3v) is 4.33. The van der Waals surface area contributed by atoms with Crippen LogP contribution in [0.15, 0.2) is 60.7 Å². The van der Waals surface area contributed by atoms with E-state index in [9.17, 15) is 4.79 Å². The number of aryl methyl sites for hydroxylation is 2. The SMILES string of the molecule is Cn1cnc(-c2ccccc2/C=C2\CCc3cccnc3C2=O)c1. The molecule has 3 aromatic rings. The lowest BCUT2D eigenvalue weighted by Crippen LogP contribution is -2.15. The van der Waals surface area contributed by atoms with Gasteiger partial charge < -0.3 is 4.57 Å². The number of allylic oxidation sites excluding steroid dienone is 1. The summed E-state index contributed by atoms with van der Waals surface area (Å²) in [5.41, 5.74) is 5.39. The smallest absolute Gasteiger partial charge is 0.207 e. The maximum absolute atomic E-state index is 12.7. The summed E-state index contributed by atoms with van der Waals surface area (Å²) >= 11 is 0. The molecule has 0 aliphatic heterocycles. The highest BCUT2D eigenvalue weighted by Gasteiger charge is 2.23. The number of hydrogen-bond donors (Lipinski definition) is 0. The van der Waals surface area contributed by atoms with Crippen LogP contribution < -0.4 is 0 Å². The van der Waals surface area contributed by atoms with Gasteiger partial charge in [-0.1, -0.05) is 30.3 Å². The van der Waals surface area contributed by atoms with Gasteiger partial charge in [-0.3, -0.25) is 9.78 Å². The highest BCUT2D eigenvalue weighted by molar-refractivity contribution is 6.12. The molecule has 0 amide bonds. The van der Waals surface area contributed by atoms with E-state index in [0.717, 1.165) is 40.8 Å². The monoisotopic (exact) mass is 315 g/mol. The van der Waals surface area contributed by atoms with Crippen molar-refractivity contribution < 1.29 is 4.79 Å². The Hall–Kier alpha value is -3.01. The summed E-state index contributed by atoms with van der Waals surface area (Å²) < 4.78 is 1.92. The van der Waals surface area contributed by atoms with Gasteiger partial charge in [-0.25, -0.2) is 4.98 Å². The van der Waals surface area contributed by atoms with Crippen molar-refractivity contribution in [2.45, 2.75) is 12.8 Å². The predicted octanol–water partition coefficient (Wildman–Crippen LogP) is 3.69. The normalized spacial score (nSPS) is 15.5. The lowest BCUT2D eigenvalue weighted by atomic mass is 9.88. The minimum absolute atomic E-state index is 0.0349. The molecule has 0 saturated carbocycles.